The Morgan fingerprint density at radius 1 is 1.11 bits per heavy atom. The molecule has 2 heterocycles. The molecular weight excluding hydrogens is 362 g/mol. The van der Waals surface area contributed by atoms with E-state index in [1.165, 1.54) is 13.1 Å². The smallest absolute Gasteiger partial charge is 0.261 e. The summed E-state index contributed by atoms with van der Waals surface area (Å²) in [6.45, 7) is 1.53. The summed E-state index contributed by atoms with van der Waals surface area (Å²) in [5, 5.41) is 3.87. The molecule has 1 N–H and O–H groups in total. The molecule has 134 valence electrons. The number of pyridine rings is 1. The Kier molecular flexibility index (Phi) is 4.38. The number of ketones is 1. The Bertz CT molecular complexity index is 1030. The van der Waals surface area contributed by atoms with Crippen LogP contribution in [0.4, 0.5) is 11.5 Å². The molecule has 1 aromatic heterocycles. The van der Waals surface area contributed by atoms with Gasteiger partial charge in [-0.2, -0.15) is 0 Å². The number of Topliss-reactive ketones (excluding diaryl/α,β-unsaturated/α-hetero) is 1. The van der Waals surface area contributed by atoms with Gasteiger partial charge in [0.2, 0.25) is 0 Å². The van der Waals surface area contributed by atoms with Crippen molar-refractivity contribution in [2.24, 2.45) is 0 Å². The Morgan fingerprint density at radius 3 is 2.67 bits per heavy atom. The van der Waals surface area contributed by atoms with Gasteiger partial charge in [0.15, 0.2) is 5.78 Å². The van der Waals surface area contributed by atoms with Gasteiger partial charge in [-0.25, -0.2) is 4.98 Å². The van der Waals surface area contributed by atoms with Gasteiger partial charge in [0, 0.05) is 28.6 Å². The van der Waals surface area contributed by atoms with E-state index in [0.717, 1.165) is 11.3 Å². The molecule has 2 aromatic carbocycles. The van der Waals surface area contributed by atoms with Crippen molar-refractivity contribution in [3.63, 3.8) is 0 Å². The summed E-state index contributed by atoms with van der Waals surface area (Å²) in [6.07, 6.45) is 1.07. The minimum atomic E-state index is -0.440. The van der Waals surface area contributed by atoms with Crippen LogP contribution in [0.1, 0.15) is 39.4 Å². The standard InChI is InChI=1S/C21H16ClN3O2/c1-13(26)14-5-4-6-16(11-14)24-20-17-7-2-3-8-18(17)21(27)25(20)19-10-9-15(22)12-23-19/h2-12,20,24H,1H3. The number of amides is 1. The number of nitrogens with one attached hydrogen (secondary N) is 1. The van der Waals surface area contributed by atoms with E-state index in [1.54, 1.807) is 35.2 Å². The van der Waals surface area contributed by atoms with Crippen molar-refractivity contribution in [3.8, 4) is 0 Å². The predicted octanol–water partition coefficient (Wildman–Crippen LogP) is 4.71. The second-order valence-electron chi connectivity index (χ2n) is 6.28. The molecule has 0 bridgehead atoms. The van der Waals surface area contributed by atoms with Crippen LogP contribution < -0.4 is 10.2 Å². The number of hydrogen-bond donors (Lipinski definition) is 1. The fraction of sp³-hybridized carbons (Fsp3) is 0.0952. The molecule has 0 aliphatic carbocycles. The number of halogens is 1. The van der Waals surface area contributed by atoms with E-state index in [4.69, 9.17) is 11.6 Å². The fourth-order valence-corrected chi connectivity index (χ4v) is 3.30. The van der Waals surface area contributed by atoms with Crippen molar-refractivity contribution in [2.75, 3.05) is 10.2 Å². The molecule has 3 aromatic rings. The second kappa shape index (κ2) is 6.85. The fourth-order valence-electron chi connectivity index (χ4n) is 3.19. The summed E-state index contributed by atoms with van der Waals surface area (Å²) in [5.41, 5.74) is 2.83. The zero-order valence-electron chi connectivity index (χ0n) is 14.5. The third-order valence-electron chi connectivity index (χ3n) is 4.49. The van der Waals surface area contributed by atoms with Gasteiger partial charge in [0.25, 0.3) is 5.91 Å². The lowest BCUT2D eigenvalue weighted by molar-refractivity contribution is 0.0989. The molecular formula is C21H16ClN3O2. The first-order valence-corrected chi connectivity index (χ1v) is 8.84. The van der Waals surface area contributed by atoms with E-state index in [9.17, 15) is 9.59 Å². The molecule has 6 heteroatoms. The summed E-state index contributed by atoms with van der Waals surface area (Å²) >= 11 is 5.94. The number of benzene rings is 2. The highest BCUT2D eigenvalue weighted by Gasteiger charge is 2.38. The summed E-state index contributed by atoms with van der Waals surface area (Å²) in [4.78, 5) is 30.6. The van der Waals surface area contributed by atoms with E-state index >= 15 is 0 Å². The first-order valence-electron chi connectivity index (χ1n) is 8.46. The maximum absolute atomic E-state index is 13.0. The molecule has 4 rings (SSSR count). The molecule has 1 amide bonds. The number of nitrogens with zero attached hydrogens (tertiary/aromatic N) is 2. The second-order valence-corrected chi connectivity index (χ2v) is 6.72. The van der Waals surface area contributed by atoms with Gasteiger partial charge in [0.1, 0.15) is 12.0 Å². The number of carbonyl (C=O) groups is 2. The van der Waals surface area contributed by atoms with Crippen molar-refractivity contribution < 1.29 is 9.59 Å². The molecule has 0 fully saturated rings. The minimum absolute atomic E-state index is 0.0160. The largest absolute Gasteiger partial charge is 0.361 e. The quantitative estimate of drug-likeness (QED) is 0.669. The van der Waals surface area contributed by atoms with Gasteiger partial charge in [-0.3, -0.25) is 14.5 Å². The normalized spacial score (nSPS) is 15.6. The Hall–Kier alpha value is -3.18. The third kappa shape index (κ3) is 3.17. The van der Waals surface area contributed by atoms with Crippen LogP contribution in [0.5, 0.6) is 0 Å². The zero-order valence-corrected chi connectivity index (χ0v) is 15.3. The summed E-state index contributed by atoms with van der Waals surface area (Å²) in [7, 11) is 0. The van der Waals surface area contributed by atoms with Crippen LogP contribution >= 0.6 is 11.6 Å². The molecule has 1 atom stereocenters. The molecule has 0 saturated heterocycles. The molecule has 1 aliphatic heterocycles. The maximum Gasteiger partial charge on any atom is 0.261 e. The highest BCUT2D eigenvalue weighted by atomic mass is 35.5. The van der Waals surface area contributed by atoms with Crippen molar-refractivity contribution in [3.05, 3.63) is 88.6 Å². The van der Waals surface area contributed by atoms with E-state index < -0.39 is 6.17 Å². The first kappa shape index (κ1) is 17.2. The topological polar surface area (TPSA) is 62.3 Å². The third-order valence-corrected chi connectivity index (χ3v) is 4.72. The molecule has 27 heavy (non-hydrogen) atoms. The van der Waals surface area contributed by atoms with Crippen molar-refractivity contribution in [1.82, 2.24) is 4.98 Å². The van der Waals surface area contributed by atoms with E-state index in [2.05, 4.69) is 10.3 Å². The van der Waals surface area contributed by atoms with Crippen LogP contribution in [-0.2, 0) is 0 Å². The Morgan fingerprint density at radius 2 is 1.93 bits per heavy atom. The minimum Gasteiger partial charge on any atom is -0.361 e. The van der Waals surface area contributed by atoms with Gasteiger partial charge in [-0.15, -0.1) is 0 Å². The lowest BCUT2D eigenvalue weighted by Crippen LogP contribution is -2.32. The van der Waals surface area contributed by atoms with Crippen LogP contribution in [-0.4, -0.2) is 16.7 Å². The number of hydrogen-bond acceptors (Lipinski definition) is 4. The number of aromatic nitrogens is 1. The van der Waals surface area contributed by atoms with Gasteiger partial charge < -0.3 is 5.32 Å². The molecule has 1 unspecified atom stereocenters. The maximum atomic E-state index is 13.0. The Balaban J connectivity index is 1.77. The summed E-state index contributed by atoms with van der Waals surface area (Å²) in [6, 6.07) is 18.1. The molecule has 0 spiro atoms. The van der Waals surface area contributed by atoms with Gasteiger partial charge in [-0.1, -0.05) is 41.9 Å². The van der Waals surface area contributed by atoms with Crippen molar-refractivity contribution in [2.45, 2.75) is 13.1 Å². The first-order chi connectivity index (χ1) is 13.0. The van der Waals surface area contributed by atoms with Crippen LogP contribution in [0.3, 0.4) is 0 Å². The van der Waals surface area contributed by atoms with E-state index in [1.807, 2.05) is 30.3 Å². The van der Waals surface area contributed by atoms with Crippen molar-refractivity contribution >= 4 is 34.8 Å². The molecule has 0 radical (unpaired) electrons. The zero-order chi connectivity index (χ0) is 19.0. The van der Waals surface area contributed by atoms with E-state index in [0.29, 0.717) is 22.0 Å². The lowest BCUT2D eigenvalue weighted by Gasteiger charge is -2.26. The summed E-state index contributed by atoms with van der Waals surface area (Å²) in [5.74, 6) is 0.347. The predicted molar refractivity (Wildman–Crippen MR) is 105 cm³/mol. The van der Waals surface area contributed by atoms with E-state index in [-0.39, 0.29) is 11.7 Å². The number of rotatable bonds is 4. The lowest BCUT2D eigenvalue weighted by atomic mass is 10.1. The monoisotopic (exact) mass is 377 g/mol. The number of fused-ring (bicyclic) bond motifs is 1. The SMILES string of the molecule is CC(=O)c1cccc(NC2c3ccccc3C(=O)N2c2ccc(Cl)cn2)c1. The molecule has 5 nitrogen and oxygen atoms in total. The van der Waals surface area contributed by atoms with Crippen LogP contribution in [0.2, 0.25) is 5.02 Å². The molecule has 1 aliphatic rings. The number of anilines is 2. The van der Waals surface area contributed by atoms with Crippen molar-refractivity contribution in [1.29, 1.82) is 0 Å². The van der Waals surface area contributed by atoms with Gasteiger partial charge >= 0.3 is 0 Å². The number of carbonyl (C=O) groups excluding carboxylic acids is 2. The highest BCUT2D eigenvalue weighted by molar-refractivity contribution is 6.30. The highest BCUT2D eigenvalue weighted by Crippen LogP contribution is 2.37. The van der Waals surface area contributed by atoms with Crippen LogP contribution in [0, 0.1) is 0 Å². The Labute approximate surface area is 161 Å². The average Bonchev–Trinajstić information content (AvgIpc) is 2.95. The average molecular weight is 378 g/mol. The van der Waals surface area contributed by atoms with Crippen LogP contribution in [0.25, 0.3) is 0 Å². The van der Waals surface area contributed by atoms with Crippen LogP contribution in [0.15, 0.2) is 66.9 Å². The van der Waals surface area contributed by atoms with Gasteiger partial charge in [0.05, 0.1) is 5.02 Å². The molecule has 0 saturated carbocycles. The summed E-state index contributed by atoms with van der Waals surface area (Å²) < 4.78 is 0. The van der Waals surface area contributed by atoms with Gasteiger partial charge in [-0.05, 0) is 37.3 Å².